The Hall–Kier alpha value is -1.81. The summed E-state index contributed by atoms with van der Waals surface area (Å²) in [4.78, 5) is 10.9. The molecule has 2 atom stereocenters. The van der Waals surface area contributed by atoms with Crippen LogP contribution in [-0.2, 0) is 4.79 Å². The zero-order chi connectivity index (χ0) is 12.7. The number of rotatable bonds is 2. The highest BCUT2D eigenvalue weighted by atomic mass is 16.4. The van der Waals surface area contributed by atoms with Gasteiger partial charge in [-0.3, -0.25) is 4.79 Å². The molecule has 4 heteroatoms. The zero-order valence-corrected chi connectivity index (χ0v) is 10.1. The molecule has 1 fully saturated rings. The molecule has 94 valence electrons. The van der Waals surface area contributed by atoms with Crippen LogP contribution in [-0.4, -0.2) is 17.6 Å². The average Bonchev–Trinajstić information content (AvgIpc) is 2.96. The van der Waals surface area contributed by atoms with E-state index in [4.69, 9.17) is 9.52 Å². The first-order valence-electron chi connectivity index (χ1n) is 6.09. The third kappa shape index (κ3) is 1.78. The molecule has 0 saturated carbocycles. The maximum Gasteiger partial charge on any atom is 0.307 e. The third-order valence-corrected chi connectivity index (χ3v) is 3.68. The summed E-state index contributed by atoms with van der Waals surface area (Å²) in [5.74, 6) is -1.01. The number of fused-ring (bicyclic) bond motifs is 1. The van der Waals surface area contributed by atoms with Gasteiger partial charge in [0, 0.05) is 18.0 Å². The van der Waals surface area contributed by atoms with Crippen LogP contribution >= 0.6 is 0 Å². The minimum Gasteiger partial charge on any atom is -0.481 e. The maximum atomic E-state index is 10.9. The highest BCUT2D eigenvalue weighted by Gasteiger charge is 2.30. The average molecular weight is 245 g/mol. The molecule has 0 radical (unpaired) electrons. The standard InChI is InChI=1S/C14H15NO3/c1-8-7-18-13-5-9(2-3-11(8)13)12-4-10(6-15-12)14(16)17/h2-3,5,7,10,12,15H,4,6H2,1H3,(H,16,17). The summed E-state index contributed by atoms with van der Waals surface area (Å²) in [5.41, 5.74) is 3.09. The molecule has 1 saturated heterocycles. The van der Waals surface area contributed by atoms with E-state index < -0.39 is 5.97 Å². The number of carbonyl (C=O) groups is 1. The molecule has 0 bridgehead atoms. The number of aryl methyl sites for hydroxylation is 1. The van der Waals surface area contributed by atoms with E-state index >= 15 is 0 Å². The quantitative estimate of drug-likeness (QED) is 0.853. The number of aliphatic carboxylic acids is 1. The fourth-order valence-electron chi connectivity index (χ4n) is 2.57. The number of hydrogen-bond donors (Lipinski definition) is 2. The van der Waals surface area contributed by atoms with Gasteiger partial charge in [-0.15, -0.1) is 0 Å². The van der Waals surface area contributed by atoms with Crippen molar-refractivity contribution in [1.29, 1.82) is 0 Å². The molecule has 0 spiro atoms. The number of carboxylic acids is 1. The molecule has 4 nitrogen and oxygen atoms in total. The minimum absolute atomic E-state index is 0.112. The molecule has 18 heavy (non-hydrogen) atoms. The molecular formula is C14H15NO3. The Morgan fingerprint density at radius 1 is 1.50 bits per heavy atom. The van der Waals surface area contributed by atoms with E-state index in [0.29, 0.717) is 13.0 Å². The molecule has 2 heterocycles. The van der Waals surface area contributed by atoms with Gasteiger partial charge in [-0.1, -0.05) is 12.1 Å². The monoisotopic (exact) mass is 245 g/mol. The van der Waals surface area contributed by atoms with E-state index in [1.165, 1.54) is 0 Å². The van der Waals surface area contributed by atoms with Crippen LogP contribution in [0.3, 0.4) is 0 Å². The molecule has 0 amide bonds. The second kappa shape index (κ2) is 4.14. The van der Waals surface area contributed by atoms with Gasteiger partial charge in [0.1, 0.15) is 5.58 Å². The number of hydrogen-bond acceptors (Lipinski definition) is 3. The fourth-order valence-corrected chi connectivity index (χ4v) is 2.57. The topological polar surface area (TPSA) is 62.5 Å². The first-order chi connectivity index (χ1) is 8.65. The van der Waals surface area contributed by atoms with Crippen molar-refractivity contribution in [2.75, 3.05) is 6.54 Å². The Kier molecular flexibility index (Phi) is 2.59. The van der Waals surface area contributed by atoms with E-state index in [2.05, 4.69) is 5.32 Å². The maximum absolute atomic E-state index is 10.9. The second-order valence-electron chi connectivity index (χ2n) is 4.91. The predicted octanol–water partition coefficient (Wildman–Crippen LogP) is 2.48. The first kappa shape index (κ1) is 11.3. The number of carboxylic acid groups (broad SMARTS) is 1. The van der Waals surface area contributed by atoms with Crippen LogP contribution in [0.5, 0.6) is 0 Å². The van der Waals surface area contributed by atoms with Gasteiger partial charge < -0.3 is 14.8 Å². The highest BCUT2D eigenvalue weighted by molar-refractivity contribution is 5.81. The first-order valence-corrected chi connectivity index (χ1v) is 6.09. The Bertz CT molecular complexity index is 602. The molecule has 2 unspecified atom stereocenters. The lowest BCUT2D eigenvalue weighted by Crippen LogP contribution is -2.17. The molecule has 2 N–H and O–H groups in total. The number of nitrogens with one attached hydrogen (secondary N) is 1. The minimum atomic E-state index is -0.722. The van der Waals surface area contributed by atoms with E-state index in [1.807, 2.05) is 25.1 Å². The van der Waals surface area contributed by atoms with Crippen molar-refractivity contribution in [3.63, 3.8) is 0 Å². The van der Waals surface area contributed by atoms with Crippen LogP contribution in [0.4, 0.5) is 0 Å². The summed E-state index contributed by atoms with van der Waals surface area (Å²) in [6.45, 7) is 2.55. The predicted molar refractivity (Wildman–Crippen MR) is 67.4 cm³/mol. The van der Waals surface area contributed by atoms with E-state index in [-0.39, 0.29) is 12.0 Å². The van der Waals surface area contributed by atoms with Gasteiger partial charge >= 0.3 is 5.97 Å². The van der Waals surface area contributed by atoms with Crippen LogP contribution in [0.2, 0.25) is 0 Å². The van der Waals surface area contributed by atoms with Crippen molar-refractivity contribution in [1.82, 2.24) is 5.32 Å². The fraction of sp³-hybridized carbons (Fsp3) is 0.357. The van der Waals surface area contributed by atoms with Crippen LogP contribution in [0, 0.1) is 12.8 Å². The summed E-state index contributed by atoms with van der Waals surface area (Å²) >= 11 is 0. The molecule has 1 aromatic heterocycles. The lowest BCUT2D eigenvalue weighted by atomic mass is 9.99. The Morgan fingerprint density at radius 2 is 2.33 bits per heavy atom. The summed E-state index contributed by atoms with van der Waals surface area (Å²) in [7, 11) is 0. The van der Waals surface area contributed by atoms with Crippen LogP contribution in [0.25, 0.3) is 11.0 Å². The van der Waals surface area contributed by atoms with E-state index in [9.17, 15) is 4.79 Å². The van der Waals surface area contributed by atoms with Gasteiger partial charge in [-0.2, -0.15) is 0 Å². The normalized spacial score (nSPS) is 23.6. The summed E-state index contributed by atoms with van der Waals surface area (Å²) in [5, 5.41) is 13.4. The summed E-state index contributed by atoms with van der Waals surface area (Å²) in [6.07, 6.45) is 2.39. The molecule has 1 aliphatic rings. The van der Waals surface area contributed by atoms with Crippen molar-refractivity contribution in [2.24, 2.45) is 5.92 Å². The zero-order valence-electron chi connectivity index (χ0n) is 10.1. The Balaban J connectivity index is 1.89. The van der Waals surface area contributed by atoms with E-state index in [0.717, 1.165) is 22.1 Å². The van der Waals surface area contributed by atoms with Crippen molar-refractivity contribution in [3.05, 3.63) is 35.6 Å². The molecule has 2 aromatic rings. The van der Waals surface area contributed by atoms with Crippen molar-refractivity contribution >= 4 is 16.9 Å². The molecular weight excluding hydrogens is 230 g/mol. The highest BCUT2D eigenvalue weighted by Crippen LogP contribution is 2.30. The third-order valence-electron chi connectivity index (χ3n) is 3.68. The summed E-state index contributed by atoms with van der Waals surface area (Å²) in [6, 6.07) is 6.21. The van der Waals surface area contributed by atoms with Gasteiger partial charge in [0.15, 0.2) is 0 Å². The van der Waals surface area contributed by atoms with Gasteiger partial charge in [-0.25, -0.2) is 0 Å². The van der Waals surface area contributed by atoms with Crippen LogP contribution in [0.1, 0.15) is 23.6 Å². The smallest absolute Gasteiger partial charge is 0.307 e. The molecule has 1 aliphatic heterocycles. The van der Waals surface area contributed by atoms with Gasteiger partial charge in [-0.05, 0) is 30.5 Å². The van der Waals surface area contributed by atoms with E-state index in [1.54, 1.807) is 6.26 Å². The van der Waals surface area contributed by atoms with Gasteiger partial charge in [0.2, 0.25) is 0 Å². The largest absolute Gasteiger partial charge is 0.481 e. The summed E-state index contributed by atoms with van der Waals surface area (Å²) < 4.78 is 5.48. The van der Waals surface area contributed by atoms with Crippen molar-refractivity contribution in [3.8, 4) is 0 Å². The van der Waals surface area contributed by atoms with Crippen LogP contribution < -0.4 is 5.32 Å². The number of furan rings is 1. The van der Waals surface area contributed by atoms with Gasteiger partial charge in [0.25, 0.3) is 0 Å². The Morgan fingerprint density at radius 3 is 3.06 bits per heavy atom. The molecule has 3 rings (SSSR count). The van der Waals surface area contributed by atoms with Crippen molar-refractivity contribution in [2.45, 2.75) is 19.4 Å². The second-order valence-corrected chi connectivity index (χ2v) is 4.91. The number of benzene rings is 1. The Labute approximate surface area is 105 Å². The van der Waals surface area contributed by atoms with Crippen LogP contribution in [0.15, 0.2) is 28.9 Å². The molecule has 1 aromatic carbocycles. The molecule has 0 aliphatic carbocycles. The SMILES string of the molecule is Cc1coc2cc(C3CC(C(=O)O)CN3)ccc12. The lowest BCUT2D eigenvalue weighted by molar-refractivity contribution is -0.141. The van der Waals surface area contributed by atoms with Crippen molar-refractivity contribution < 1.29 is 14.3 Å². The lowest BCUT2D eigenvalue weighted by Gasteiger charge is -2.10. The van der Waals surface area contributed by atoms with Gasteiger partial charge in [0.05, 0.1) is 12.2 Å².